The van der Waals surface area contributed by atoms with E-state index in [-0.39, 0.29) is 0 Å². The van der Waals surface area contributed by atoms with Gasteiger partial charge in [0.2, 0.25) is 0 Å². The van der Waals surface area contributed by atoms with Gasteiger partial charge in [-0.3, -0.25) is 0 Å². The maximum absolute atomic E-state index is 3.69. The SMILES string of the molecule is C=CC.C=CCCCCCCCC. The average Bonchev–Trinajstić information content (AvgIpc) is 2.13. The summed E-state index contributed by atoms with van der Waals surface area (Å²) in [5.41, 5.74) is 0. The fourth-order valence-electron chi connectivity index (χ4n) is 1.07. The molecule has 0 aromatic rings. The van der Waals surface area contributed by atoms with Crippen LogP contribution in [0.25, 0.3) is 0 Å². The van der Waals surface area contributed by atoms with Crippen LogP contribution >= 0.6 is 0 Å². The molecule has 0 heteroatoms. The van der Waals surface area contributed by atoms with Crippen LogP contribution in [0.2, 0.25) is 0 Å². The molecule has 0 aliphatic rings. The fraction of sp³-hybridized carbons (Fsp3) is 0.692. The second-order valence-electron chi connectivity index (χ2n) is 3.25. The smallest absolute Gasteiger partial charge is 0.0353 e. The van der Waals surface area contributed by atoms with Gasteiger partial charge < -0.3 is 0 Å². The summed E-state index contributed by atoms with van der Waals surface area (Å²) in [5, 5.41) is 0. The van der Waals surface area contributed by atoms with E-state index < -0.39 is 0 Å². The molecule has 0 aromatic carbocycles. The van der Waals surface area contributed by atoms with Crippen LogP contribution in [0.3, 0.4) is 0 Å². The summed E-state index contributed by atoms with van der Waals surface area (Å²) in [6.45, 7) is 11.2. The predicted molar refractivity (Wildman–Crippen MR) is 64.1 cm³/mol. The van der Waals surface area contributed by atoms with Gasteiger partial charge in [-0.15, -0.1) is 13.2 Å². The Morgan fingerprint density at radius 2 is 1.38 bits per heavy atom. The molecular formula is C13H26. The van der Waals surface area contributed by atoms with E-state index in [1.807, 2.05) is 13.0 Å². The van der Waals surface area contributed by atoms with Crippen molar-refractivity contribution in [3.05, 3.63) is 25.3 Å². The van der Waals surface area contributed by atoms with Crippen LogP contribution in [-0.4, -0.2) is 0 Å². The molecule has 13 heavy (non-hydrogen) atoms. The van der Waals surface area contributed by atoms with Crippen LogP contribution in [0, 0.1) is 0 Å². The minimum Gasteiger partial charge on any atom is -0.103 e. The zero-order chi connectivity index (χ0) is 10.4. The van der Waals surface area contributed by atoms with Crippen LogP contribution in [0.1, 0.15) is 58.8 Å². The van der Waals surface area contributed by atoms with Gasteiger partial charge in [0.15, 0.2) is 0 Å². The lowest BCUT2D eigenvalue weighted by Crippen LogP contribution is -1.76. The van der Waals surface area contributed by atoms with Gasteiger partial charge in [0, 0.05) is 0 Å². The number of hydrogen-bond acceptors (Lipinski definition) is 0. The molecule has 0 radical (unpaired) electrons. The third-order valence-corrected chi connectivity index (χ3v) is 1.76. The Morgan fingerprint density at radius 3 is 1.85 bits per heavy atom. The molecular weight excluding hydrogens is 156 g/mol. The van der Waals surface area contributed by atoms with Crippen molar-refractivity contribution in [1.29, 1.82) is 0 Å². The monoisotopic (exact) mass is 182 g/mol. The summed E-state index contributed by atoms with van der Waals surface area (Å²) in [5.74, 6) is 0. The first kappa shape index (κ1) is 15.0. The zero-order valence-corrected chi connectivity index (χ0v) is 9.52. The van der Waals surface area contributed by atoms with Crippen molar-refractivity contribution in [3.8, 4) is 0 Å². The van der Waals surface area contributed by atoms with Crippen molar-refractivity contribution < 1.29 is 0 Å². The summed E-state index contributed by atoms with van der Waals surface area (Å²) in [6, 6.07) is 0. The second-order valence-corrected chi connectivity index (χ2v) is 3.25. The highest BCUT2D eigenvalue weighted by Crippen LogP contribution is 2.06. The molecule has 0 spiro atoms. The lowest BCUT2D eigenvalue weighted by atomic mass is 10.1. The van der Waals surface area contributed by atoms with Crippen LogP contribution in [0.4, 0.5) is 0 Å². The molecule has 0 rings (SSSR count). The van der Waals surface area contributed by atoms with Crippen molar-refractivity contribution in [2.24, 2.45) is 0 Å². The second kappa shape index (κ2) is 17.5. The average molecular weight is 182 g/mol. The third kappa shape index (κ3) is 24.6. The molecule has 0 saturated carbocycles. The van der Waals surface area contributed by atoms with Crippen LogP contribution in [0.5, 0.6) is 0 Å². The first-order valence-electron chi connectivity index (χ1n) is 5.51. The Balaban J connectivity index is 0. The molecule has 0 fully saturated rings. The minimum absolute atomic E-state index is 1.20. The van der Waals surface area contributed by atoms with Gasteiger partial charge in [-0.25, -0.2) is 0 Å². The number of allylic oxidation sites excluding steroid dienone is 2. The van der Waals surface area contributed by atoms with Gasteiger partial charge in [0.25, 0.3) is 0 Å². The van der Waals surface area contributed by atoms with E-state index in [0.717, 1.165) is 0 Å². The van der Waals surface area contributed by atoms with Crippen molar-refractivity contribution in [1.82, 2.24) is 0 Å². The van der Waals surface area contributed by atoms with Gasteiger partial charge in [0.05, 0.1) is 0 Å². The lowest BCUT2D eigenvalue weighted by Gasteiger charge is -1.96. The highest BCUT2D eigenvalue weighted by molar-refractivity contribution is 4.65. The molecule has 0 heterocycles. The third-order valence-electron chi connectivity index (χ3n) is 1.76. The Kier molecular flexibility index (Phi) is 20.2. The summed E-state index contributed by atoms with van der Waals surface area (Å²) < 4.78 is 0. The molecule has 0 aliphatic carbocycles. The highest BCUT2D eigenvalue weighted by Gasteiger charge is 1.86. The summed E-state index contributed by atoms with van der Waals surface area (Å²) in [4.78, 5) is 0. The van der Waals surface area contributed by atoms with Crippen molar-refractivity contribution in [2.75, 3.05) is 0 Å². The number of unbranched alkanes of at least 4 members (excludes halogenated alkanes) is 6. The maximum atomic E-state index is 3.69. The zero-order valence-electron chi connectivity index (χ0n) is 9.52. The molecule has 0 aliphatic heterocycles. The quantitative estimate of drug-likeness (QED) is 0.379. The topological polar surface area (TPSA) is 0 Å². The van der Waals surface area contributed by atoms with Crippen LogP contribution in [-0.2, 0) is 0 Å². The lowest BCUT2D eigenvalue weighted by molar-refractivity contribution is 0.611. The van der Waals surface area contributed by atoms with Gasteiger partial charge in [0.1, 0.15) is 0 Å². The van der Waals surface area contributed by atoms with Gasteiger partial charge >= 0.3 is 0 Å². The van der Waals surface area contributed by atoms with E-state index in [2.05, 4.69) is 20.1 Å². The van der Waals surface area contributed by atoms with Gasteiger partial charge in [-0.2, -0.15) is 0 Å². The molecule has 0 unspecified atom stereocenters. The van der Waals surface area contributed by atoms with Crippen molar-refractivity contribution in [2.45, 2.75) is 58.8 Å². The van der Waals surface area contributed by atoms with Gasteiger partial charge in [-0.1, -0.05) is 51.2 Å². The summed E-state index contributed by atoms with van der Waals surface area (Å²) >= 11 is 0. The van der Waals surface area contributed by atoms with E-state index in [9.17, 15) is 0 Å². The van der Waals surface area contributed by atoms with Crippen molar-refractivity contribution in [3.63, 3.8) is 0 Å². The number of hydrogen-bond donors (Lipinski definition) is 0. The molecule has 0 atom stereocenters. The van der Waals surface area contributed by atoms with E-state index in [1.54, 1.807) is 6.08 Å². The normalized spacial score (nSPS) is 8.46. The van der Waals surface area contributed by atoms with Gasteiger partial charge in [-0.05, 0) is 19.8 Å². The van der Waals surface area contributed by atoms with Crippen molar-refractivity contribution >= 4 is 0 Å². The molecule has 0 nitrogen and oxygen atoms in total. The largest absolute Gasteiger partial charge is 0.103 e. The predicted octanol–water partition coefficient (Wildman–Crippen LogP) is 5.12. The maximum Gasteiger partial charge on any atom is -0.0353 e. The molecule has 78 valence electrons. The Hall–Kier alpha value is -0.520. The van der Waals surface area contributed by atoms with E-state index in [0.29, 0.717) is 0 Å². The van der Waals surface area contributed by atoms with Crippen LogP contribution in [0.15, 0.2) is 25.3 Å². The summed E-state index contributed by atoms with van der Waals surface area (Å²) in [7, 11) is 0. The molecule has 0 saturated heterocycles. The minimum atomic E-state index is 1.20. The first-order valence-corrected chi connectivity index (χ1v) is 5.51. The first-order chi connectivity index (χ1) is 6.33. The summed E-state index contributed by atoms with van der Waals surface area (Å²) in [6.07, 6.45) is 13.3. The van der Waals surface area contributed by atoms with Crippen LogP contribution < -0.4 is 0 Å². The Bertz CT molecular complexity index is 92.2. The fourth-order valence-corrected chi connectivity index (χ4v) is 1.07. The number of rotatable bonds is 7. The van der Waals surface area contributed by atoms with E-state index in [4.69, 9.17) is 0 Å². The highest BCUT2D eigenvalue weighted by atomic mass is 13.9. The molecule has 0 aromatic heterocycles. The van der Waals surface area contributed by atoms with E-state index in [1.165, 1.54) is 44.9 Å². The van der Waals surface area contributed by atoms with E-state index >= 15 is 0 Å². The molecule has 0 bridgehead atoms. The molecule has 0 amide bonds. The Morgan fingerprint density at radius 1 is 0.923 bits per heavy atom. The Labute approximate surface area is 84.7 Å². The molecule has 0 N–H and O–H groups in total. The standard InChI is InChI=1S/C10H20.C3H6/c1-3-5-7-9-10-8-6-4-2;1-3-2/h3H,1,4-10H2,2H3;3H,1H2,2H3.